The van der Waals surface area contributed by atoms with Crippen LogP contribution in [-0.4, -0.2) is 25.7 Å². The summed E-state index contributed by atoms with van der Waals surface area (Å²) in [5.41, 5.74) is 0. The highest BCUT2D eigenvalue weighted by atomic mass is 31.3. The Kier molecular flexibility index (Phi) is 8.22. The van der Waals surface area contributed by atoms with Gasteiger partial charge in [0.15, 0.2) is 0 Å². The Balaban J connectivity index is 4.24. The molecule has 0 saturated carbocycles. The van der Waals surface area contributed by atoms with Crippen LogP contribution in [-0.2, 0) is 22.3 Å². The first kappa shape index (κ1) is 19.4. The lowest BCUT2D eigenvalue weighted by Gasteiger charge is -2.16. The number of rotatable bonds is 10. The molecular weight excluding hydrogens is 321 g/mol. The van der Waals surface area contributed by atoms with E-state index in [1.54, 1.807) is 0 Å². The molecule has 12 heteroatoms. The van der Waals surface area contributed by atoms with Crippen molar-refractivity contribution in [1.82, 2.24) is 0 Å². The third-order valence-electron chi connectivity index (χ3n) is 1.98. The Labute approximate surface area is 111 Å². The maximum absolute atomic E-state index is 11.4. The molecule has 0 aliphatic rings. The molecule has 0 aliphatic carbocycles. The molecule has 4 N–H and O–H groups in total. The first-order chi connectivity index (χ1) is 8.47. The van der Waals surface area contributed by atoms with E-state index in [9.17, 15) is 18.6 Å². The zero-order chi connectivity index (χ0) is 15.2. The van der Waals surface area contributed by atoms with Gasteiger partial charge in [0.1, 0.15) is 0 Å². The quantitative estimate of drug-likeness (QED) is 0.347. The van der Waals surface area contributed by atoms with Gasteiger partial charge in [-0.1, -0.05) is 32.6 Å². The van der Waals surface area contributed by atoms with Gasteiger partial charge in [0.2, 0.25) is 0 Å². The maximum Gasteiger partial charge on any atom is 0.488 e. The van der Waals surface area contributed by atoms with E-state index in [1.165, 1.54) is 0 Å². The zero-order valence-electron chi connectivity index (χ0n) is 10.4. The second-order valence-corrected chi connectivity index (χ2v) is 8.84. The molecule has 0 aliphatic heterocycles. The summed E-state index contributed by atoms with van der Waals surface area (Å²) < 4.78 is 40.2. The third kappa shape index (κ3) is 11.9. The summed E-state index contributed by atoms with van der Waals surface area (Å²) in [6, 6.07) is 0. The number of hydrogen-bond acceptors (Lipinski definition) is 5. The summed E-state index contributed by atoms with van der Waals surface area (Å²) >= 11 is 0. The van der Waals surface area contributed by atoms with E-state index in [-0.39, 0.29) is 6.16 Å². The molecule has 0 bridgehead atoms. The zero-order valence-corrected chi connectivity index (χ0v) is 13.1. The van der Waals surface area contributed by atoms with Gasteiger partial charge >= 0.3 is 23.2 Å². The topological polar surface area (TPSA) is 151 Å². The van der Waals surface area contributed by atoms with Crippen molar-refractivity contribution in [3.63, 3.8) is 0 Å². The molecule has 0 amide bonds. The van der Waals surface area contributed by atoms with Crippen molar-refractivity contribution in [1.29, 1.82) is 0 Å². The van der Waals surface area contributed by atoms with E-state index >= 15 is 0 Å². The monoisotopic (exact) mass is 340 g/mol. The first-order valence-electron chi connectivity index (χ1n) is 5.60. The molecule has 0 radical (unpaired) electrons. The predicted molar refractivity (Wildman–Crippen MR) is 67.5 cm³/mol. The van der Waals surface area contributed by atoms with Crippen molar-refractivity contribution in [2.24, 2.45) is 0 Å². The second kappa shape index (κ2) is 8.03. The third-order valence-corrected chi connectivity index (χ3v) is 6.39. The Morgan fingerprint density at radius 3 is 1.84 bits per heavy atom. The van der Waals surface area contributed by atoms with Crippen molar-refractivity contribution in [2.45, 2.75) is 39.0 Å². The highest BCUT2D eigenvalue weighted by molar-refractivity contribution is 7.68. The molecule has 2 atom stereocenters. The van der Waals surface area contributed by atoms with Gasteiger partial charge in [-0.05, 0) is 6.42 Å². The molecule has 0 rings (SSSR count). The molecule has 0 fully saturated rings. The van der Waals surface area contributed by atoms with Gasteiger partial charge in [-0.2, -0.15) is 4.31 Å². The fraction of sp³-hybridized carbons (Fsp3) is 1.00. The van der Waals surface area contributed by atoms with Gasteiger partial charge in [0, 0.05) is 0 Å². The van der Waals surface area contributed by atoms with Crippen molar-refractivity contribution in [2.75, 3.05) is 6.16 Å². The lowest BCUT2D eigenvalue weighted by atomic mass is 10.2. The smallest absolute Gasteiger partial charge is 0.324 e. The summed E-state index contributed by atoms with van der Waals surface area (Å²) in [6.07, 6.45) is 3.38. The van der Waals surface area contributed by atoms with Crippen LogP contribution >= 0.6 is 23.2 Å². The first-order valence-corrected chi connectivity index (χ1v) is 10.4. The van der Waals surface area contributed by atoms with Crippen LogP contribution in [0.25, 0.3) is 0 Å². The van der Waals surface area contributed by atoms with Crippen LogP contribution in [0.4, 0.5) is 0 Å². The van der Waals surface area contributed by atoms with Gasteiger partial charge in [0.25, 0.3) is 0 Å². The van der Waals surface area contributed by atoms with Crippen LogP contribution in [0, 0.1) is 0 Å². The van der Waals surface area contributed by atoms with Gasteiger partial charge in [-0.15, -0.1) is 0 Å². The van der Waals surface area contributed by atoms with Gasteiger partial charge in [0.05, 0.1) is 6.16 Å². The van der Waals surface area contributed by atoms with Crippen LogP contribution in [0.3, 0.4) is 0 Å². The highest BCUT2D eigenvalue weighted by Gasteiger charge is 2.38. The van der Waals surface area contributed by atoms with E-state index in [4.69, 9.17) is 14.7 Å². The van der Waals surface area contributed by atoms with Crippen LogP contribution in [0.15, 0.2) is 0 Å². The van der Waals surface area contributed by atoms with Crippen LogP contribution in [0.2, 0.25) is 0 Å². The maximum atomic E-state index is 11.4. The van der Waals surface area contributed by atoms with Crippen molar-refractivity contribution < 1.29 is 41.9 Å². The predicted octanol–water partition coefficient (Wildman–Crippen LogP) is 2.37. The lowest BCUT2D eigenvalue weighted by molar-refractivity contribution is 0.222. The van der Waals surface area contributed by atoms with E-state index in [2.05, 4.69) is 8.62 Å². The standard InChI is InChI=1S/C7H19O9P3/c1-2-3-4-5-6-7-17(8,9)15-19(13,14)16-18(10,11)12/h2-7H2,1H3,(H,8,9)(H,13,14)(H2,10,11,12). The minimum atomic E-state index is -5.28. The van der Waals surface area contributed by atoms with Crippen molar-refractivity contribution in [3.8, 4) is 0 Å². The van der Waals surface area contributed by atoms with E-state index in [1.807, 2.05) is 6.92 Å². The fourth-order valence-corrected chi connectivity index (χ4v) is 4.97. The summed E-state index contributed by atoms with van der Waals surface area (Å²) in [7, 11) is -15.0. The number of hydrogen-bond donors (Lipinski definition) is 4. The van der Waals surface area contributed by atoms with Crippen molar-refractivity contribution in [3.05, 3.63) is 0 Å². The molecule has 0 heterocycles. The Bertz CT molecular complexity index is 403. The van der Waals surface area contributed by atoms with Gasteiger partial charge in [-0.25, -0.2) is 13.4 Å². The minimum Gasteiger partial charge on any atom is -0.324 e. The van der Waals surface area contributed by atoms with Crippen LogP contribution in [0.1, 0.15) is 39.0 Å². The molecule has 0 saturated heterocycles. The van der Waals surface area contributed by atoms with Crippen molar-refractivity contribution >= 4 is 23.2 Å². The Morgan fingerprint density at radius 1 is 0.842 bits per heavy atom. The SMILES string of the molecule is CCCCCCCP(=O)(O)OP(=O)(O)OP(=O)(O)O. The fourth-order valence-electron chi connectivity index (χ4n) is 1.27. The molecule has 9 nitrogen and oxygen atoms in total. The van der Waals surface area contributed by atoms with E-state index in [0.717, 1.165) is 19.3 Å². The summed E-state index contributed by atoms with van der Waals surface area (Å²) in [5, 5.41) is 0. The molecule has 0 aromatic carbocycles. The lowest BCUT2D eigenvalue weighted by Crippen LogP contribution is -1.96. The molecule has 0 spiro atoms. The minimum absolute atomic E-state index is 0.295. The normalized spacial score (nSPS) is 18.8. The van der Waals surface area contributed by atoms with Gasteiger partial charge in [-0.3, -0.25) is 4.57 Å². The molecule has 2 unspecified atom stereocenters. The molecule has 0 aromatic rings. The summed E-state index contributed by atoms with van der Waals surface area (Å²) in [6.45, 7) is 2.00. The summed E-state index contributed by atoms with van der Waals surface area (Å²) in [4.78, 5) is 34.8. The Morgan fingerprint density at radius 2 is 1.37 bits per heavy atom. The number of phosphoric acid groups is 2. The van der Waals surface area contributed by atoms with E-state index in [0.29, 0.717) is 12.8 Å². The largest absolute Gasteiger partial charge is 0.488 e. The number of unbranched alkanes of at least 4 members (excludes halogenated alkanes) is 4. The molecule has 0 aromatic heterocycles. The van der Waals surface area contributed by atoms with Crippen LogP contribution in [0.5, 0.6) is 0 Å². The average molecular weight is 340 g/mol. The summed E-state index contributed by atoms with van der Waals surface area (Å²) in [5.74, 6) is 0. The van der Waals surface area contributed by atoms with Gasteiger partial charge < -0.3 is 19.6 Å². The molecule has 19 heavy (non-hydrogen) atoms. The Hall–Kier alpha value is 0.450. The van der Waals surface area contributed by atoms with E-state index < -0.39 is 23.2 Å². The second-order valence-electron chi connectivity index (χ2n) is 3.90. The molecule has 116 valence electrons. The average Bonchev–Trinajstić information content (AvgIpc) is 2.10. The highest BCUT2D eigenvalue weighted by Crippen LogP contribution is 2.66. The molecular formula is C7H19O9P3. The van der Waals surface area contributed by atoms with Crippen LogP contribution < -0.4 is 0 Å².